The van der Waals surface area contributed by atoms with E-state index in [1.54, 1.807) is 12.4 Å². The van der Waals surface area contributed by atoms with Crippen LogP contribution < -0.4 is 5.32 Å². The van der Waals surface area contributed by atoms with Crippen molar-refractivity contribution >= 4 is 11.7 Å². The topological polar surface area (TPSA) is 61.4 Å². The summed E-state index contributed by atoms with van der Waals surface area (Å²) < 4.78 is 0. The van der Waals surface area contributed by atoms with Crippen molar-refractivity contribution < 1.29 is 4.79 Å². The van der Waals surface area contributed by atoms with Gasteiger partial charge in [-0.2, -0.15) is 0 Å². The van der Waals surface area contributed by atoms with Crippen molar-refractivity contribution in [2.75, 3.05) is 39.5 Å². The SMILES string of the molecule is CNc1ccc(C(=O)N(C)C[C@@H]2CCN(C)[C@H]2c2cccnc2)cn1. The molecule has 1 N–H and O–H groups in total. The van der Waals surface area contributed by atoms with Crippen molar-refractivity contribution in [2.45, 2.75) is 12.5 Å². The van der Waals surface area contributed by atoms with Crippen LogP contribution in [0.5, 0.6) is 0 Å². The molecule has 1 saturated heterocycles. The quantitative estimate of drug-likeness (QED) is 0.905. The first-order valence-corrected chi connectivity index (χ1v) is 8.59. The number of amides is 1. The molecule has 0 saturated carbocycles. The lowest BCUT2D eigenvalue weighted by Gasteiger charge is -2.28. The van der Waals surface area contributed by atoms with Crippen LogP contribution in [0.4, 0.5) is 5.82 Å². The van der Waals surface area contributed by atoms with Gasteiger partial charge in [0.15, 0.2) is 0 Å². The number of hydrogen-bond donors (Lipinski definition) is 1. The Morgan fingerprint density at radius 1 is 1.36 bits per heavy atom. The van der Waals surface area contributed by atoms with Gasteiger partial charge in [0.1, 0.15) is 5.82 Å². The fourth-order valence-electron chi connectivity index (χ4n) is 3.62. The highest BCUT2D eigenvalue weighted by molar-refractivity contribution is 5.93. The van der Waals surface area contributed by atoms with Crippen LogP contribution >= 0.6 is 0 Å². The van der Waals surface area contributed by atoms with Crippen molar-refractivity contribution in [3.63, 3.8) is 0 Å². The highest BCUT2D eigenvalue weighted by Crippen LogP contribution is 2.36. The second-order valence-electron chi connectivity index (χ2n) is 6.63. The van der Waals surface area contributed by atoms with E-state index in [0.29, 0.717) is 17.5 Å². The van der Waals surface area contributed by atoms with Gasteiger partial charge in [-0.15, -0.1) is 0 Å². The third-order valence-corrected chi connectivity index (χ3v) is 4.92. The van der Waals surface area contributed by atoms with E-state index in [1.807, 2.05) is 43.4 Å². The van der Waals surface area contributed by atoms with Gasteiger partial charge in [-0.05, 0) is 49.7 Å². The number of hydrogen-bond acceptors (Lipinski definition) is 5. The first kappa shape index (κ1) is 17.4. The van der Waals surface area contributed by atoms with Crippen LogP contribution in [-0.2, 0) is 0 Å². The number of rotatable bonds is 5. The molecule has 0 spiro atoms. The third-order valence-electron chi connectivity index (χ3n) is 4.92. The summed E-state index contributed by atoms with van der Waals surface area (Å²) in [4.78, 5) is 25.3. The molecule has 1 amide bonds. The largest absolute Gasteiger partial charge is 0.373 e. The fourth-order valence-corrected chi connectivity index (χ4v) is 3.62. The zero-order valence-electron chi connectivity index (χ0n) is 15.0. The fraction of sp³-hybridized carbons (Fsp3) is 0.421. The van der Waals surface area contributed by atoms with Gasteiger partial charge in [-0.3, -0.25) is 14.7 Å². The maximum atomic E-state index is 12.7. The lowest BCUT2D eigenvalue weighted by atomic mass is 9.94. The Kier molecular flexibility index (Phi) is 5.28. The van der Waals surface area contributed by atoms with E-state index in [9.17, 15) is 4.79 Å². The molecule has 2 atom stereocenters. The molecule has 0 unspecified atom stereocenters. The molecule has 2 aromatic rings. The van der Waals surface area contributed by atoms with Crippen molar-refractivity contribution in [1.29, 1.82) is 0 Å². The highest BCUT2D eigenvalue weighted by atomic mass is 16.2. The number of aromatic nitrogens is 2. The average Bonchev–Trinajstić information content (AvgIpc) is 3.02. The lowest BCUT2D eigenvalue weighted by Crippen LogP contribution is -2.34. The van der Waals surface area contributed by atoms with Crippen LogP contribution in [0, 0.1) is 5.92 Å². The Balaban J connectivity index is 1.70. The van der Waals surface area contributed by atoms with Gasteiger partial charge in [0, 0.05) is 45.3 Å². The van der Waals surface area contributed by atoms with Crippen molar-refractivity contribution in [3.05, 3.63) is 54.0 Å². The molecule has 3 rings (SSSR count). The summed E-state index contributed by atoms with van der Waals surface area (Å²) in [5, 5.41) is 2.96. The number of carbonyl (C=O) groups excluding carboxylic acids is 1. The van der Waals surface area contributed by atoms with Crippen LogP contribution in [0.2, 0.25) is 0 Å². The number of nitrogens with one attached hydrogen (secondary N) is 1. The minimum Gasteiger partial charge on any atom is -0.373 e. The van der Waals surface area contributed by atoms with Crippen LogP contribution in [-0.4, -0.2) is 59.9 Å². The molecule has 0 aliphatic carbocycles. The summed E-state index contributed by atoms with van der Waals surface area (Å²) in [6.45, 7) is 1.75. The van der Waals surface area contributed by atoms with Gasteiger partial charge in [-0.1, -0.05) is 6.07 Å². The molecule has 0 aromatic carbocycles. The minimum atomic E-state index is 0.00893. The van der Waals surface area contributed by atoms with E-state index in [-0.39, 0.29) is 5.91 Å². The molecule has 6 heteroatoms. The number of anilines is 1. The van der Waals surface area contributed by atoms with Crippen LogP contribution in [0.15, 0.2) is 42.9 Å². The third kappa shape index (κ3) is 3.79. The number of pyridine rings is 2. The summed E-state index contributed by atoms with van der Waals surface area (Å²) in [6.07, 6.45) is 6.43. The standard InChI is InChI=1S/C19H25N5O/c1-20-17-7-6-15(12-22-17)19(25)24(3)13-16-8-10-23(2)18(16)14-5-4-9-21-11-14/h4-7,9,11-12,16,18H,8,10,13H2,1-3H3,(H,20,22)/t16-,18-/m0/s1. The Morgan fingerprint density at radius 3 is 2.84 bits per heavy atom. The summed E-state index contributed by atoms with van der Waals surface area (Å²) in [5.41, 5.74) is 1.83. The van der Waals surface area contributed by atoms with Crippen LogP contribution in [0.25, 0.3) is 0 Å². The zero-order valence-corrected chi connectivity index (χ0v) is 15.0. The first-order chi connectivity index (χ1) is 12.1. The monoisotopic (exact) mass is 339 g/mol. The molecule has 0 bridgehead atoms. The number of carbonyl (C=O) groups is 1. The molecule has 6 nitrogen and oxygen atoms in total. The maximum absolute atomic E-state index is 12.7. The Bertz CT molecular complexity index is 704. The Labute approximate surface area is 148 Å². The molecule has 132 valence electrons. The van der Waals surface area contributed by atoms with Gasteiger partial charge < -0.3 is 10.2 Å². The molecule has 2 aromatic heterocycles. The zero-order chi connectivity index (χ0) is 17.8. The van der Waals surface area contributed by atoms with Gasteiger partial charge in [0.2, 0.25) is 0 Å². The Morgan fingerprint density at radius 2 is 2.20 bits per heavy atom. The van der Waals surface area contributed by atoms with Gasteiger partial charge in [0.05, 0.1) is 5.56 Å². The molecule has 3 heterocycles. The predicted octanol–water partition coefficient (Wildman–Crippen LogP) is 2.28. The molecular formula is C19H25N5O. The molecule has 1 aliphatic heterocycles. The van der Waals surface area contributed by atoms with E-state index in [0.717, 1.165) is 25.3 Å². The van der Waals surface area contributed by atoms with E-state index < -0.39 is 0 Å². The second-order valence-corrected chi connectivity index (χ2v) is 6.63. The van der Waals surface area contributed by atoms with Crippen molar-refractivity contribution in [3.8, 4) is 0 Å². The van der Waals surface area contributed by atoms with E-state index in [1.165, 1.54) is 5.56 Å². The van der Waals surface area contributed by atoms with Crippen molar-refractivity contribution in [1.82, 2.24) is 19.8 Å². The smallest absolute Gasteiger partial charge is 0.255 e. The molecule has 1 aliphatic rings. The lowest BCUT2D eigenvalue weighted by molar-refractivity contribution is 0.0760. The van der Waals surface area contributed by atoms with Crippen LogP contribution in [0.3, 0.4) is 0 Å². The molecule has 0 radical (unpaired) electrons. The maximum Gasteiger partial charge on any atom is 0.255 e. The highest BCUT2D eigenvalue weighted by Gasteiger charge is 2.34. The summed E-state index contributed by atoms with van der Waals surface area (Å²) in [6, 6.07) is 8.03. The van der Waals surface area contributed by atoms with Crippen LogP contribution in [0.1, 0.15) is 28.4 Å². The first-order valence-electron chi connectivity index (χ1n) is 8.59. The van der Waals surface area contributed by atoms with E-state index >= 15 is 0 Å². The molecular weight excluding hydrogens is 314 g/mol. The average molecular weight is 339 g/mol. The molecule has 1 fully saturated rings. The normalized spacial score (nSPS) is 20.4. The van der Waals surface area contributed by atoms with Gasteiger partial charge in [0.25, 0.3) is 5.91 Å². The minimum absolute atomic E-state index is 0.00893. The van der Waals surface area contributed by atoms with Gasteiger partial charge in [-0.25, -0.2) is 4.98 Å². The van der Waals surface area contributed by atoms with Crippen molar-refractivity contribution in [2.24, 2.45) is 5.92 Å². The van der Waals surface area contributed by atoms with E-state index in [4.69, 9.17) is 0 Å². The van der Waals surface area contributed by atoms with Gasteiger partial charge >= 0.3 is 0 Å². The summed E-state index contributed by atoms with van der Waals surface area (Å²) in [7, 11) is 5.82. The number of likely N-dealkylation sites (tertiary alicyclic amines) is 1. The van der Waals surface area contributed by atoms with E-state index in [2.05, 4.69) is 33.3 Å². The summed E-state index contributed by atoms with van der Waals surface area (Å²) >= 11 is 0. The molecule has 25 heavy (non-hydrogen) atoms. The Hall–Kier alpha value is -2.47. The predicted molar refractivity (Wildman–Crippen MR) is 98.5 cm³/mol. The summed E-state index contributed by atoms with van der Waals surface area (Å²) in [5.74, 6) is 1.16. The second kappa shape index (κ2) is 7.61. The number of nitrogens with zero attached hydrogens (tertiary/aromatic N) is 4.